The van der Waals surface area contributed by atoms with Gasteiger partial charge in [0.05, 0.1) is 12.3 Å². The van der Waals surface area contributed by atoms with Crippen LogP contribution < -0.4 is 15.4 Å². The Morgan fingerprint density at radius 2 is 1.87 bits per heavy atom. The number of rotatable bonds is 6. The topological polar surface area (TPSA) is 63.5 Å². The van der Waals surface area contributed by atoms with Gasteiger partial charge in [-0.25, -0.2) is 0 Å². The predicted octanol–water partition coefficient (Wildman–Crippen LogP) is 6.18. The van der Waals surface area contributed by atoms with E-state index in [1.165, 1.54) is 6.08 Å². The van der Waals surface area contributed by atoms with Crippen molar-refractivity contribution in [3.63, 3.8) is 0 Å². The van der Waals surface area contributed by atoms with Crippen LogP contribution in [0.15, 0.2) is 65.1 Å². The van der Waals surface area contributed by atoms with Crippen molar-refractivity contribution in [2.45, 2.75) is 6.92 Å². The average Bonchev–Trinajstić information content (AvgIpc) is 3.16. The summed E-state index contributed by atoms with van der Waals surface area (Å²) in [5.74, 6) is 1.34. The lowest BCUT2D eigenvalue weighted by atomic mass is 10.2. The second-order valence-electron chi connectivity index (χ2n) is 6.07. The van der Waals surface area contributed by atoms with E-state index in [1.54, 1.807) is 36.4 Å². The number of amides is 1. The van der Waals surface area contributed by atoms with E-state index in [1.807, 2.05) is 31.2 Å². The summed E-state index contributed by atoms with van der Waals surface area (Å²) in [7, 11) is 0. The first-order valence-corrected chi connectivity index (χ1v) is 10.2. The third-order valence-corrected chi connectivity index (χ3v) is 4.49. The lowest BCUT2D eigenvalue weighted by Crippen LogP contribution is -2.32. The summed E-state index contributed by atoms with van der Waals surface area (Å²) in [6.45, 7) is 2.41. The van der Waals surface area contributed by atoms with Crippen LogP contribution >= 0.6 is 35.4 Å². The molecular weight excluding hydrogens is 443 g/mol. The summed E-state index contributed by atoms with van der Waals surface area (Å²) in [5, 5.41) is 6.72. The van der Waals surface area contributed by atoms with Crippen molar-refractivity contribution in [1.82, 2.24) is 5.32 Å². The van der Waals surface area contributed by atoms with Crippen LogP contribution in [0.25, 0.3) is 17.4 Å². The van der Waals surface area contributed by atoms with Crippen LogP contribution in [0.1, 0.15) is 12.7 Å². The summed E-state index contributed by atoms with van der Waals surface area (Å²) in [6, 6.07) is 16.0. The van der Waals surface area contributed by atoms with Crippen molar-refractivity contribution in [2.75, 3.05) is 11.9 Å². The fourth-order valence-electron chi connectivity index (χ4n) is 2.61. The fourth-order valence-corrected chi connectivity index (χ4v) is 3.35. The molecule has 1 aromatic heterocycles. The highest BCUT2D eigenvalue weighted by atomic mass is 35.5. The molecule has 0 unspecified atom stereocenters. The fraction of sp³-hybridized carbons (Fsp3) is 0.0909. The molecule has 0 atom stereocenters. The first kappa shape index (κ1) is 21.9. The van der Waals surface area contributed by atoms with Crippen LogP contribution in [0, 0.1) is 0 Å². The lowest BCUT2D eigenvalue weighted by molar-refractivity contribution is -0.115. The van der Waals surface area contributed by atoms with Gasteiger partial charge in [-0.15, -0.1) is 0 Å². The second-order valence-corrected chi connectivity index (χ2v) is 7.35. The number of halogens is 2. The minimum atomic E-state index is -0.398. The molecule has 0 spiro atoms. The number of carbonyl (C=O) groups is 1. The van der Waals surface area contributed by atoms with Gasteiger partial charge in [0.15, 0.2) is 5.11 Å². The maximum atomic E-state index is 12.2. The van der Waals surface area contributed by atoms with Gasteiger partial charge in [0.25, 0.3) is 0 Å². The zero-order valence-corrected chi connectivity index (χ0v) is 18.3. The van der Waals surface area contributed by atoms with E-state index < -0.39 is 5.91 Å². The number of hydrogen-bond donors (Lipinski definition) is 2. The van der Waals surface area contributed by atoms with Gasteiger partial charge in [-0.2, -0.15) is 0 Å². The van der Waals surface area contributed by atoms with Crippen molar-refractivity contribution in [2.24, 2.45) is 0 Å². The first-order chi connectivity index (χ1) is 14.4. The highest BCUT2D eigenvalue weighted by Gasteiger charge is 2.08. The van der Waals surface area contributed by atoms with E-state index in [-0.39, 0.29) is 5.11 Å². The van der Waals surface area contributed by atoms with Gasteiger partial charge in [0.1, 0.15) is 17.3 Å². The van der Waals surface area contributed by atoms with Gasteiger partial charge in [-0.1, -0.05) is 35.3 Å². The molecule has 1 amide bonds. The smallest absolute Gasteiger partial charge is 0.250 e. The Morgan fingerprint density at radius 1 is 1.13 bits per heavy atom. The molecule has 2 aromatic carbocycles. The molecule has 0 radical (unpaired) electrons. The lowest BCUT2D eigenvalue weighted by Gasteiger charge is -2.12. The van der Waals surface area contributed by atoms with Crippen molar-refractivity contribution in [3.8, 4) is 17.1 Å². The number of para-hydroxylation sites is 2. The van der Waals surface area contributed by atoms with Crippen LogP contribution in [0.4, 0.5) is 5.69 Å². The molecule has 8 heteroatoms. The summed E-state index contributed by atoms with van der Waals surface area (Å²) < 4.78 is 11.2. The maximum Gasteiger partial charge on any atom is 0.250 e. The van der Waals surface area contributed by atoms with E-state index in [2.05, 4.69) is 10.6 Å². The second kappa shape index (κ2) is 10.3. The van der Waals surface area contributed by atoms with Gasteiger partial charge < -0.3 is 14.5 Å². The molecule has 0 fully saturated rings. The Bertz CT molecular complexity index is 1080. The first-order valence-electron chi connectivity index (χ1n) is 9.03. The molecule has 2 N–H and O–H groups in total. The number of benzene rings is 2. The number of furan rings is 1. The van der Waals surface area contributed by atoms with E-state index >= 15 is 0 Å². The van der Waals surface area contributed by atoms with Gasteiger partial charge >= 0.3 is 0 Å². The summed E-state index contributed by atoms with van der Waals surface area (Å²) in [4.78, 5) is 12.2. The Kier molecular flexibility index (Phi) is 7.52. The highest BCUT2D eigenvalue weighted by Crippen LogP contribution is 2.29. The summed E-state index contributed by atoms with van der Waals surface area (Å²) in [5.41, 5.74) is 1.42. The van der Waals surface area contributed by atoms with Crippen LogP contribution in [-0.4, -0.2) is 17.6 Å². The number of hydrogen-bond acceptors (Lipinski definition) is 4. The van der Waals surface area contributed by atoms with Crippen LogP contribution in [0.3, 0.4) is 0 Å². The van der Waals surface area contributed by atoms with Crippen LogP contribution in [-0.2, 0) is 4.79 Å². The molecule has 0 bridgehead atoms. The predicted molar refractivity (Wildman–Crippen MR) is 125 cm³/mol. The van der Waals surface area contributed by atoms with Crippen molar-refractivity contribution in [1.29, 1.82) is 0 Å². The zero-order valence-electron chi connectivity index (χ0n) is 15.9. The van der Waals surface area contributed by atoms with Crippen LogP contribution in [0.5, 0.6) is 5.75 Å². The molecule has 3 rings (SSSR count). The monoisotopic (exact) mass is 460 g/mol. The molecule has 5 nitrogen and oxygen atoms in total. The third kappa shape index (κ3) is 6.10. The normalized spacial score (nSPS) is 10.8. The van der Waals surface area contributed by atoms with Crippen molar-refractivity contribution >= 4 is 58.2 Å². The molecule has 0 aliphatic carbocycles. The molecule has 0 saturated heterocycles. The number of anilines is 1. The van der Waals surface area contributed by atoms with Gasteiger partial charge in [0, 0.05) is 21.7 Å². The minimum Gasteiger partial charge on any atom is -0.492 e. The third-order valence-electron chi connectivity index (χ3n) is 3.84. The van der Waals surface area contributed by atoms with Gasteiger partial charge in [0.2, 0.25) is 5.91 Å². The summed E-state index contributed by atoms with van der Waals surface area (Å²) >= 11 is 17.2. The van der Waals surface area contributed by atoms with E-state index in [9.17, 15) is 4.79 Å². The highest BCUT2D eigenvalue weighted by molar-refractivity contribution is 7.80. The van der Waals surface area contributed by atoms with Crippen LogP contribution in [0.2, 0.25) is 10.0 Å². The Labute approximate surface area is 189 Å². The molecule has 0 saturated carbocycles. The Balaban J connectivity index is 1.60. The number of thiocarbonyl (C=S) groups is 1. The molecule has 0 aliphatic rings. The summed E-state index contributed by atoms with van der Waals surface area (Å²) in [6.07, 6.45) is 2.87. The van der Waals surface area contributed by atoms with Crippen molar-refractivity contribution in [3.05, 3.63) is 76.5 Å². The number of ether oxygens (including phenoxy) is 1. The standard InChI is InChI=1S/C22H18Cl2N2O3S/c1-2-28-20-6-4-3-5-18(20)25-22(30)26-21(27)10-8-17-7-9-19(29-17)14-11-15(23)13-16(24)12-14/h3-13H,2H2,1H3,(H2,25,26,27,30)/b10-8+. The molecule has 154 valence electrons. The van der Waals surface area contributed by atoms with E-state index in [0.29, 0.717) is 39.6 Å². The Hall–Kier alpha value is -2.80. The van der Waals surface area contributed by atoms with E-state index in [0.717, 1.165) is 5.56 Å². The number of nitrogens with one attached hydrogen (secondary N) is 2. The maximum absolute atomic E-state index is 12.2. The molecular formula is C22H18Cl2N2O3S. The SMILES string of the molecule is CCOc1ccccc1NC(=S)NC(=O)/C=C/c1ccc(-c2cc(Cl)cc(Cl)c2)o1. The average molecular weight is 461 g/mol. The van der Waals surface area contributed by atoms with Crippen molar-refractivity contribution < 1.29 is 13.9 Å². The van der Waals surface area contributed by atoms with Gasteiger partial charge in [-0.05, 0) is 67.7 Å². The largest absolute Gasteiger partial charge is 0.492 e. The number of carbonyl (C=O) groups excluding carboxylic acids is 1. The zero-order chi connectivity index (χ0) is 21.5. The quantitative estimate of drug-likeness (QED) is 0.339. The molecule has 30 heavy (non-hydrogen) atoms. The minimum absolute atomic E-state index is 0.158. The van der Waals surface area contributed by atoms with Gasteiger partial charge in [-0.3, -0.25) is 10.1 Å². The molecule has 1 heterocycles. The molecule has 0 aliphatic heterocycles. The molecule has 3 aromatic rings. The Morgan fingerprint density at radius 3 is 2.60 bits per heavy atom. The van der Waals surface area contributed by atoms with E-state index in [4.69, 9.17) is 44.6 Å².